The van der Waals surface area contributed by atoms with Crippen LogP contribution in [0.2, 0.25) is 0 Å². The maximum Gasteiger partial charge on any atom is 0.137 e. The number of hydrogen-bond acceptors (Lipinski definition) is 4. The summed E-state index contributed by atoms with van der Waals surface area (Å²) >= 11 is 0. The third-order valence-electron chi connectivity index (χ3n) is 2.03. The van der Waals surface area contributed by atoms with Gasteiger partial charge in [0.2, 0.25) is 0 Å². The van der Waals surface area contributed by atoms with E-state index in [1.165, 1.54) is 0 Å². The summed E-state index contributed by atoms with van der Waals surface area (Å²) < 4.78 is 6.80. The molecule has 5 nitrogen and oxygen atoms in total. The van der Waals surface area contributed by atoms with Crippen LogP contribution in [0.15, 0.2) is 12.7 Å². The summed E-state index contributed by atoms with van der Waals surface area (Å²) in [6, 6.07) is 0.347. The van der Waals surface area contributed by atoms with Gasteiger partial charge < -0.3 is 10.1 Å². The van der Waals surface area contributed by atoms with Crippen molar-refractivity contribution in [3.63, 3.8) is 0 Å². The van der Waals surface area contributed by atoms with Crippen molar-refractivity contribution >= 4 is 0 Å². The molecule has 0 aromatic carbocycles. The number of aromatic nitrogens is 3. The predicted octanol–water partition coefficient (Wildman–Crippen LogP) is 0.465. The molecule has 80 valence electrons. The molecule has 0 fully saturated rings. The summed E-state index contributed by atoms with van der Waals surface area (Å²) in [6.07, 6.45) is 4.34. The van der Waals surface area contributed by atoms with Gasteiger partial charge in [0.15, 0.2) is 0 Å². The first-order valence-electron chi connectivity index (χ1n) is 4.88. The highest BCUT2D eigenvalue weighted by atomic mass is 16.5. The van der Waals surface area contributed by atoms with Crippen molar-refractivity contribution in [2.45, 2.75) is 19.4 Å². The van der Waals surface area contributed by atoms with Gasteiger partial charge in [-0.1, -0.05) is 0 Å². The lowest BCUT2D eigenvalue weighted by Gasteiger charge is -2.12. The van der Waals surface area contributed by atoms with Crippen molar-refractivity contribution in [2.75, 3.05) is 26.8 Å². The van der Waals surface area contributed by atoms with Gasteiger partial charge in [-0.25, -0.2) is 9.67 Å². The minimum absolute atomic E-state index is 0.347. The molecule has 0 saturated heterocycles. The topological polar surface area (TPSA) is 52.0 Å². The van der Waals surface area contributed by atoms with Crippen LogP contribution in [0.4, 0.5) is 0 Å². The monoisotopic (exact) mass is 198 g/mol. The normalized spacial score (nSPS) is 13.0. The first-order valence-corrected chi connectivity index (χ1v) is 4.88. The molecule has 14 heavy (non-hydrogen) atoms. The zero-order valence-corrected chi connectivity index (χ0v) is 8.81. The van der Waals surface area contributed by atoms with Crippen LogP contribution >= 0.6 is 0 Å². The van der Waals surface area contributed by atoms with Crippen molar-refractivity contribution in [3.05, 3.63) is 12.7 Å². The van der Waals surface area contributed by atoms with Crippen LogP contribution < -0.4 is 5.32 Å². The maximum absolute atomic E-state index is 4.95. The number of nitrogens with one attached hydrogen (secondary N) is 1. The molecule has 0 radical (unpaired) electrons. The van der Waals surface area contributed by atoms with Crippen molar-refractivity contribution in [2.24, 2.45) is 0 Å². The highest BCUT2D eigenvalue weighted by Crippen LogP contribution is 1.98. The van der Waals surface area contributed by atoms with Gasteiger partial charge >= 0.3 is 0 Å². The Labute approximate surface area is 84.5 Å². The highest BCUT2D eigenvalue weighted by Gasteiger charge is 2.02. The Hall–Kier alpha value is -0.940. The highest BCUT2D eigenvalue weighted by molar-refractivity contribution is 4.66. The fourth-order valence-electron chi connectivity index (χ4n) is 1.19. The lowest BCUT2D eigenvalue weighted by molar-refractivity contribution is 0.194. The fourth-order valence-corrected chi connectivity index (χ4v) is 1.19. The molecule has 5 heteroatoms. The number of nitrogens with zero attached hydrogens (tertiary/aromatic N) is 3. The quantitative estimate of drug-likeness (QED) is 0.647. The number of rotatable bonds is 7. The summed E-state index contributed by atoms with van der Waals surface area (Å²) in [5.41, 5.74) is 0. The van der Waals surface area contributed by atoms with Crippen LogP contribution in [0, 0.1) is 0 Å². The first kappa shape index (κ1) is 11.1. The average Bonchev–Trinajstić information content (AvgIpc) is 2.70. The van der Waals surface area contributed by atoms with Gasteiger partial charge in [0.05, 0.1) is 6.04 Å². The van der Waals surface area contributed by atoms with E-state index in [0.29, 0.717) is 6.04 Å². The van der Waals surface area contributed by atoms with Crippen LogP contribution in [-0.2, 0) is 4.74 Å². The van der Waals surface area contributed by atoms with Gasteiger partial charge in [0, 0.05) is 20.3 Å². The van der Waals surface area contributed by atoms with Crippen molar-refractivity contribution in [1.29, 1.82) is 0 Å². The van der Waals surface area contributed by atoms with Crippen LogP contribution in [0.25, 0.3) is 0 Å². The van der Waals surface area contributed by atoms with Crippen molar-refractivity contribution in [3.8, 4) is 0 Å². The molecule has 1 aromatic rings. The van der Waals surface area contributed by atoms with Crippen molar-refractivity contribution in [1.82, 2.24) is 20.1 Å². The van der Waals surface area contributed by atoms with Crippen LogP contribution in [0.1, 0.15) is 19.4 Å². The third-order valence-corrected chi connectivity index (χ3v) is 2.03. The van der Waals surface area contributed by atoms with Gasteiger partial charge in [-0.15, -0.1) is 0 Å². The van der Waals surface area contributed by atoms with Gasteiger partial charge in [0.25, 0.3) is 0 Å². The van der Waals surface area contributed by atoms with E-state index >= 15 is 0 Å². The molecule has 0 amide bonds. The smallest absolute Gasteiger partial charge is 0.137 e. The molecule has 0 bridgehead atoms. The van der Waals surface area contributed by atoms with Crippen LogP contribution in [0.3, 0.4) is 0 Å². The Morgan fingerprint density at radius 1 is 1.57 bits per heavy atom. The van der Waals surface area contributed by atoms with E-state index in [1.807, 2.05) is 4.68 Å². The third kappa shape index (κ3) is 3.85. The van der Waals surface area contributed by atoms with Gasteiger partial charge in [0.1, 0.15) is 12.7 Å². The second-order valence-corrected chi connectivity index (χ2v) is 3.27. The summed E-state index contributed by atoms with van der Waals surface area (Å²) in [4.78, 5) is 3.90. The second-order valence-electron chi connectivity index (χ2n) is 3.27. The Kier molecular flexibility index (Phi) is 5.17. The van der Waals surface area contributed by atoms with Gasteiger partial charge in [-0.3, -0.25) is 0 Å². The fraction of sp³-hybridized carbons (Fsp3) is 0.778. The molecule has 0 saturated carbocycles. The SMILES string of the molecule is COCCCNCC(C)n1cncn1. The number of hydrogen-bond donors (Lipinski definition) is 1. The largest absolute Gasteiger partial charge is 0.385 e. The van der Waals surface area contributed by atoms with Crippen LogP contribution in [-0.4, -0.2) is 41.6 Å². The number of methoxy groups -OCH3 is 1. The molecule has 0 aliphatic carbocycles. The Bertz CT molecular complexity index is 225. The van der Waals surface area contributed by atoms with E-state index in [1.54, 1.807) is 19.8 Å². The Balaban J connectivity index is 2.07. The molecule has 1 N–H and O–H groups in total. The van der Waals surface area contributed by atoms with E-state index in [4.69, 9.17) is 4.74 Å². The molecule has 0 spiro atoms. The van der Waals surface area contributed by atoms with E-state index in [2.05, 4.69) is 22.3 Å². The minimum atomic E-state index is 0.347. The zero-order valence-electron chi connectivity index (χ0n) is 8.81. The van der Waals surface area contributed by atoms with E-state index in [9.17, 15) is 0 Å². The van der Waals surface area contributed by atoms with Crippen molar-refractivity contribution < 1.29 is 4.74 Å². The molecule has 1 unspecified atom stereocenters. The number of ether oxygens (including phenoxy) is 1. The summed E-state index contributed by atoms with van der Waals surface area (Å²) in [5, 5.41) is 7.41. The molecule has 1 rings (SSSR count). The lowest BCUT2D eigenvalue weighted by Crippen LogP contribution is -2.25. The summed E-state index contributed by atoms with van der Waals surface area (Å²) in [7, 11) is 1.72. The van der Waals surface area contributed by atoms with Gasteiger partial charge in [-0.05, 0) is 19.9 Å². The molecule has 1 aromatic heterocycles. The van der Waals surface area contributed by atoms with Gasteiger partial charge in [-0.2, -0.15) is 5.10 Å². The Morgan fingerprint density at radius 2 is 2.43 bits per heavy atom. The lowest BCUT2D eigenvalue weighted by atomic mass is 10.3. The predicted molar refractivity (Wildman–Crippen MR) is 54.1 cm³/mol. The molecule has 1 heterocycles. The molecule has 0 aliphatic rings. The second kappa shape index (κ2) is 6.50. The molecule has 1 atom stereocenters. The molecular weight excluding hydrogens is 180 g/mol. The van der Waals surface area contributed by atoms with Crippen LogP contribution in [0.5, 0.6) is 0 Å². The maximum atomic E-state index is 4.95. The Morgan fingerprint density at radius 3 is 3.07 bits per heavy atom. The zero-order chi connectivity index (χ0) is 10.2. The summed E-state index contributed by atoms with van der Waals surface area (Å²) in [6.45, 7) is 4.81. The molecular formula is C9H18N4O. The standard InChI is InChI=1S/C9H18N4O/c1-9(13-8-11-7-12-13)6-10-4-3-5-14-2/h7-10H,3-6H2,1-2H3. The molecule has 0 aliphatic heterocycles. The average molecular weight is 198 g/mol. The minimum Gasteiger partial charge on any atom is -0.385 e. The first-order chi connectivity index (χ1) is 6.84. The summed E-state index contributed by atoms with van der Waals surface area (Å²) in [5.74, 6) is 0. The van der Waals surface area contributed by atoms with E-state index in [0.717, 1.165) is 26.1 Å². The van der Waals surface area contributed by atoms with E-state index < -0.39 is 0 Å². The van der Waals surface area contributed by atoms with E-state index in [-0.39, 0.29) is 0 Å².